The van der Waals surface area contributed by atoms with Gasteiger partial charge in [0, 0.05) is 0 Å². The minimum Gasteiger partial charge on any atom is -0.465 e. The first kappa shape index (κ1) is 13.3. The Bertz CT molecular complexity index is 254. The number of amides is 1. The molecule has 94 valence electrons. The van der Waals surface area contributed by atoms with Gasteiger partial charge < -0.3 is 14.9 Å². The van der Waals surface area contributed by atoms with Gasteiger partial charge in [-0.05, 0) is 26.7 Å². The molecule has 0 aliphatic carbocycles. The Balaban J connectivity index is 2.63. The summed E-state index contributed by atoms with van der Waals surface area (Å²) >= 11 is 0. The molecule has 1 amide bonds. The molecule has 0 saturated carbocycles. The molecule has 2 atom stereocenters. The molecule has 0 aromatic rings. The number of hydrogen-bond donors (Lipinski definition) is 2. The van der Waals surface area contributed by atoms with Crippen LogP contribution in [0.1, 0.15) is 40.0 Å². The van der Waals surface area contributed by atoms with Crippen molar-refractivity contribution in [3.8, 4) is 0 Å². The van der Waals surface area contributed by atoms with Gasteiger partial charge in [-0.15, -0.1) is 0 Å². The molecule has 1 fully saturated rings. The molecule has 2 N–H and O–H groups in total. The van der Waals surface area contributed by atoms with Crippen LogP contribution in [-0.2, 0) is 4.74 Å². The number of nitrogens with zero attached hydrogens (tertiary/aromatic N) is 1. The molecular weight excluding hydrogens is 210 g/mol. The van der Waals surface area contributed by atoms with Crippen LogP contribution in [0.25, 0.3) is 0 Å². The van der Waals surface area contributed by atoms with E-state index in [-0.39, 0.29) is 6.04 Å². The molecule has 16 heavy (non-hydrogen) atoms. The predicted octanol–water partition coefficient (Wildman–Crippen LogP) is 1.65. The van der Waals surface area contributed by atoms with Crippen molar-refractivity contribution in [1.82, 2.24) is 4.90 Å². The van der Waals surface area contributed by atoms with Gasteiger partial charge in [0.15, 0.2) is 0 Å². The van der Waals surface area contributed by atoms with E-state index in [1.165, 1.54) is 4.90 Å². The van der Waals surface area contributed by atoms with Crippen molar-refractivity contribution in [1.29, 1.82) is 0 Å². The maximum absolute atomic E-state index is 11.1. The summed E-state index contributed by atoms with van der Waals surface area (Å²) in [7, 11) is 0. The molecule has 1 rings (SSSR count). The summed E-state index contributed by atoms with van der Waals surface area (Å²) in [6, 6.07) is -0.242. The highest BCUT2D eigenvalue weighted by molar-refractivity contribution is 5.66. The Labute approximate surface area is 96.0 Å². The maximum Gasteiger partial charge on any atom is 0.409 e. The van der Waals surface area contributed by atoms with Crippen LogP contribution in [0.15, 0.2) is 0 Å². The summed E-state index contributed by atoms with van der Waals surface area (Å²) in [5.41, 5.74) is -0.789. The molecule has 0 aromatic heterocycles. The van der Waals surface area contributed by atoms with E-state index in [0.29, 0.717) is 19.4 Å². The average molecular weight is 231 g/mol. The van der Waals surface area contributed by atoms with Crippen LogP contribution in [0.2, 0.25) is 0 Å². The van der Waals surface area contributed by atoms with Gasteiger partial charge in [-0.1, -0.05) is 13.3 Å². The van der Waals surface area contributed by atoms with Crippen molar-refractivity contribution in [3.05, 3.63) is 0 Å². The summed E-state index contributed by atoms with van der Waals surface area (Å²) in [5.74, 6) is 0. The highest BCUT2D eigenvalue weighted by atomic mass is 16.5. The van der Waals surface area contributed by atoms with Crippen LogP contribution >= 0.6 is 0 Å². The van der Waals surface area contributed by atoms with Gasteiger partial charge in [-0.2, -0.15) is 0 Å². The van der Waals surface area contributed by atoms with E-state index in [0.717, 1.165) is 6.42 Å². The number of carboxylic acid groups (broad SMARTS) is 1. The summed E-state index contributed by atoms with van der Waals surface area (Å²) in [6.45, 7) is 5.81. The normalized spacial score (nSPS) is 25.8. The molecule has 1 aliphatic rings. The lowest BCUT2D eigenvalue weighted by Crippen LogP contribution is -2.48. The van der Waals surface area contributed by atoms with E-state index in [1.807, 2.05) is 6.92 Å². The van der Waals surface area contributed by atoms with Crippen molar-refractivity contribution in [2.75, 3.05) is 6.61 Å². The van der Waals surface area contributed by atoms with E-state index in [9.17, 15) is 9.90 Å². The van der Waals surface area contributed by atoms with E-state index >= 15 is 0 Å². The minimum atomic E-state index is -0.990. The zero-order valence-electron chi connectivity index (χ0n) is 10.1. The second kappa shape index (κ2) is 5.01. The Morgan fingerprint density at radius 3 is 2.75 bits per heavy atom. The SMILES string of the molecule is CCC[C@H](O)C[C@H]1COC(C)(C)N1C(=O)O. The highest BCUT2D eigenvalue weighted by Gasteiger charge is 2.44. The standard InChI is InChI=1S/C11H21NO4/c1-4-5-9(13)6-8-7-16-11(2,3)12(8)10(14)15/h8-9,13H,4-7H2,1-3H3,(H,14,15)/t8-,9-/m0/s1. The lowest BCUT2D eigenvalue weighted by molar-refractivity contribution is -0.0430. The predicted molar refractivity (Wildman–Crippen MR) is 59.2 cm³/mol. The molecule has 0 spiro atoms. The van der Waals surface area contributed by atoms with Crippen molar-refractivity contribution < 1.29 is 19.7 Å². The quantitative estimate of drug-likeness (QED) is 0.772. The highest BCUT2D eigenvalue weighted by Crippen LogP contribution is 2.29. The van der Waals surface area contributed by atoms with E-state index in [1.54, 1.807) is 13.8 Å². The van der Waals surface area contributed by atoms with Gasteiger partial charge in [-0.25, -0.2) is 4.79 Å². The van der Waals surface area contributed by atoms with Gasteiger partial charge in [0.25, 0.3) is 0 Å². The third-order valence-corrected chi connectivity index (χ3v) is 2.95. The van der Waals surface area contributed by atoms with Crippen LogP contribution < -0.4 is 0 Å². The summed E-state index contributed by atoms with van der Waals surface area (Å²) in [4.78, 5) is 12.4. The van der Waals surface area contributed by atoms with Crippen molar-refractivity contribution >= 4 is 6.09 Å². The zero-order valence-corrected chi connectivity index (χ0v) is 10.1. The van der Waals surface area contributed by atoms with E-state index in [2.05, 4.69) is 0 Å². The fourth-order valence-corrected chi connectivity index (χ4v) is 2.21. The summed E-state index contributed by atoms with van der Waals surface area (Å²) in [5, 5.41) is 18.8. The Morgan fingerprint density at radius 2 is 2.25 bits per heavy atom. The maximum atomic E-state index is 11.1. The van der Waals surface area contributed by atoms with E-state index < -0.39 is 17.9 Å². The number of aliphatic hydroxyl groups excluding tert-OH is 1. The molecule has 1 heterocycles. The Kier molecular flexibility index (Phi) is 4.15. The van der Waals surface area contributed by atoms with Crippen molar-refractivity contribution in [3.63, 3.8) is 0 Å². The molecule has 5 nitrogen and oxygen atoms in total. The smallest absolute Gasteiger partial charge is 0.409 e. The molecular formula is C11H21NO4. The number of rotatable bonds is 4. The van der Waals surface area contributed by atoms with Crippen LogP contribution in [0, 0.1) is 0 Å². The van der Waals surface area contributed by atoms with Crippen LogP contribution in [0.3, 0.4) is 0 Å². The lowest BCUT2D eigenvalue weighted by atomic mass is 10.0. The average Bonchev–Trinajstić information content (AvgIpc) is 2.41. The Hall–Kier alpha value is -0.810. The topological polar surface area (TPSA) is 70.0 Å². The van der Waals surface area contributed by atoms with Crippen LogP contribution in [-0.4, -0.2) is 45.7 Å². The lowest BCUT2D eigenvalue weighted by Gasteiger charge is -2.31. The number of aliphatic hydroxyl groups is 1. The first-order chi connectivity index (χ1) is 7.38. The number of ether oxygens (including phenoxy) is 1. The fourth-order valence-electron chi connectivity index (χ4n) is 2.21. The van der Waals surface area contributed by atoms with Crippen LogP contribution in [0.5, 0.6) is 0 Å². The molecule has 5 heteroatoms. The molecule has 1 saturated heterocycles. The fraction of sp³-hybridized carbons (Fsp3) is 0.909. The number of hydrogen-bond acceptors (Lipinski definition) is 3. The minimum absolute atomic E-state index is 0.242. The second-order valence-corrected chi connectivity index (χ2v) is 4.74. The third-order valence-electron chi connectivity index (χ3n) is 2.95. The first-order valence-electron chi connectivity index (χ1n) is 5.72. The second-order valence-electron chi connectivity index (χ2n) is 4.74. The van der Waals surface area contributed by atoms with E-state index in [4.69, 9.17) is 9.84 Å². The van der Waals surface area contributed by atoms with Crippen LogP contribution in [0.4, 0.5) is 4.79 Å². The molecule has 0 bridgehead atoms. The third kappa shape index (κ3) is 2.86. The molecule has 0 aromatic carbocycles. The summed E-state index contributed by atoms with van der Waals surface area (Å²) < 4.78 is 5.44. The number of carbonyl (C=O) groups is 1. The molecule has 0 radical (unpaired) electrons. The van der Waals surface area contributed by atoms with Gasteiger partial charge in [0.2, 0.25) is 0 Å². The molecule has 1 aliphatic heterocycles. The monoisotopic (exact) mass is 231 g/mol. The zero-order chi connectivity index (χ0) is 12.3. The first-order valence-corrected chi connectivity index (χ1v) is 5.72. The van der Waals surface area contributed by atoms with Gasteiger partial charge in [0.1, 0.15) is 5.72 Å². The summed E-state index contributed by atoms with van der Waals surface area (Å²) in [6.07, 6.45) is 0.602. The van der Waals surface area contributed by atoms with Crippen molar-refractivity contribution in [2.24, 2.45) is 0 Å². The van der Waals surface area contributed by atoms with Gasteiger partial charge >= 0.3 is 6.09 Å². The van der Waals surface area contributed by atoms with Gasteiger partial charge in [0.05, 0.1) is 18.8 Å². The largest absolute Gasteiger partial charge is 0.465 e. The van der Waals surface area contributed by atoms with Gasteiger partial charge in [-0.3, -0.25) is 4.90 Å². The molecule has 0 unspecified atom stereocenters. The van der Waals surface area contributed by atoms with Crippen molar-refractivity contribution in [2.45, 2.75) is 57.9 Å². The Morgan fingerprint density at radius 1 is 1.62 bits per heavy atom.